The summed E-state index contributed by atoms with van der Waals surface area (Å²) in [4.78, 5) is 87.6. The molecular formula is C43H50F2N5O13PS. The summed E-state index contributed by atoms with van der Waals surface area (Å²) in [7, 11) is -5.71. The molecule has 22 heteroatoms. The second kappa shape index (κ2) is 20.7. The van der Waals surface area contributed by atoms with E-state index in [1.165, 1.54) is 56.6 Å². The van der Waals surface area contributed by atoms with Gasteiger partial charge in [0.05, 0.1) is 29.5 Å². The Hall–Kier alpha value is -5.68. The van der Waals surface area contributed by atoms with Crippen molar-refractivity contribution in [2.75, 3.05) is 39.8 Å². The molecule has 350 valence electrons. The van der Waals surface area contributed by atoms with Crippen molar-refractivity contribution in [3.63, 3.8) is 0 Å². The lowest BCUT2D eigenvalue weighted by Gasteiger charge is -2.39. The van der Waals surface area contributed by atoms with E-state index in [2.05, 4.69) is 19.6 Å². The van der Waals surface area contributed by atoms with Crippen LogP contribution in [0.2, 0.25) is 0 Å². The molecule has 6 rings (SSSR count). The third-order valence-electron chi connectivity index (χ3n) is 11.1. The number of nitrogens with zero attached hydrogens (tertiary/aromatic N) is 4. The minimum absolute atomic E-state index is 0.00526. The number of hydrogen-bond acceptors (Lipinski definition) is 14. The SMILES string of the molecule is [C-]#[N+][C@H]1CN(C(=O)[C@@H]2CC[C@@H]3CCN(C(C)=O)C[C@H](NC(=O)c4cc5cc(C(F)(F)P(=O)(OCOC(=O)OC(C)C)OCOC(=O)OC(C)C)ccc5s4)C(=O)N32)C[C@@H]1c1ccccc1. The predicted molar refractivity (Wildman–Crippen MR) is 229 cm³/mol. The van der Waals surface area contributed by atoms with E-state index in [0.29, 0.717) is 30.5 Å². The first kappa shape index (κ1) is 48.8. The summed E-state index contributed by atoms with van der Waals surface area (Å²) < 4.78 is 75.1. The van der Waals surface area contributed by atoms with Gasteiger partial charge in [-0.1, -0.05) is 36.4 Å². The van der Waals surface area contributed by atoms with Crippen LogP contribution in [0.5, 0.6) is 0 Å². The molecule has 1 aromatic heterocycles. The summed E-state index contributed by atoms with van der Waals surface area (Å²) in [5, 5.41) is 2.82. The normalized spacial score (nSPS) is 21.4. The fraction of sp³-hybridized carbons (Fsp3) is 0.512. The third-order valence-corrected chi connectivity index (χ3v) is 14.1. The van der Waals surface area contributed by atoms with Crippen molar-refractivity contribution in [1.82, 2.24) is 20.0 Å². The first-order chi connectivity index (χ1) is 30.8. The van der Waals surface area contributed by atoms with Gasteiger partial charge in [0.25, 0.3) is 5.91 Å². The number of fused-ring (bicyclic) bond motifs is 2. The zero-order valence-electron chi connectivity index (χ0n) is 36.3. The molecule has 0 aliphatic carbocycles. The Kier molecular flexibility index (Phi) is 15.5. The number of hydrogen-bond donors (Lipinski definition) is 1. The number of halogens is 2. The molecule has 0 radical (unpaired) electrons. The zero-order chi connectivity index (χ0) is 47.2. The average Bonchev–Trinajstić information content (AvgIpc) is 4.00. The molecule has 0 saturated carbocycles. The van der Waals surface area contributed by atoms with Gasteiger partial charge < -0.3 is 43.8 Å². The van der Waals surface area contributed by atoms with Crippen LogP contribution in [0.4, 0.5) is 18.4 Å². The Morgan fingerprint density at radius 1 is 0.892 bits per heavy atom. The Bertz CT molecular complexity index is 2330. The fourth-order valence-corrected chi connectivity index (χ4v) is 10.2. The number of rotatable bonds is 14. The monoisotopic (exact) mass is 945 g/mol. The highest BCUT2D eigenvalue weighted by molar-refractivity contribution is 7.54. The quantitative estimate of drug-likeness (QED) is 0.0763. The number of nitrogens with one attached hydrogen (secondary N) is 1. The first-order valence-electron chi connectivity index (χ1n) is 20.9. The van der Waals surface area contributed by atoms with Crippen LogP contribution in [0.3, 0.4) is 0 Å². The van der Waals surface area contributed by atoms with E-state index >= 15 is 8.78 Å². The highest BCUT2D eigenvalue weighted by Gasteiger charge is 2.56. The van der Waals surface area contributed by atoms with Crippen LogP contribution in [0.25, 0.3) is 14.9 Å². The Labute approximate surface area is 377 Å². The highest BCUT2D eigenvalue weighted by atomic mass is 32.1. The summed E-state index contributed by atoms with van der Waals surface area (Å²) in [6.45, 7) is 13.1. The molecular weight excluding hydrogens is 896 g/mol. The lowest BCUT2D eigenvalue weighted by atomic mass is 9.95. The van der Waals surface area contributed by atoms with Crippen molar-refractivity contribution in [1.29, 1.82) is 0 Å². The van der Waals surface area contributed by atoms with E-state index in [9.17, 15) is 33.3 Å². The molecule has 0 spiro atoms. The maximum Gasteiger partial charge on any atom is 0.510 e. The predicted octanol–water partition coefficient (Wildman–Crippen LogP) is 6.84. The standard InChI is InChI=1S/C43H50F2N5O13PS/c1-25(2)62-41(55)58-23-60-64(57,61-24-59-42(56)63-26(3)4)43(44,45)30-12-15-36-29(18-30)19-37(65-36)38(52)47-34-22-48(27(5)51)17-16-31-13-14-35(50(31)39(34)53)40(54)49-20-32(33(21-49)46-6)28-10-8-7-9-11-28/h7-12,15,18-19,25-26,31-35H,13-14,16-17,20-24H2,1-5H3,(H,47,52)/t31-,32-,33+,34+,35+/m1/s1. The van der Waals surface area contributed by atoms with Gasteiger partial charge in [-0.2, -0.15) is 8.78 Å². The average molecular weight is 946 g/mol. The number of carbonyl (C=O) groups excluding carboxylic acids is 6. The number of amides is 4. The zero-order valence-corrected chi connectivity index (χ0v) is 38.0. The largest absolute Gasteiger partial charge is 0.510 e. The molecule has 0 bridgehead atoms. The Morgan fingerprint density at radius 3 is 2.14 bits per heavy atom. The molecule has 3 saturated heterocycles. The van der Waals surface area contributed by atoms with Crippen LogP contribution < -0.4 is 5.32 Å². The van der Waals surface area contributed by atoms with E-state index in [-0.39, 0.29) is 47.6 Å². The van der Waals surface area contributed by atoms with Crippen molar-refractivity contribution in [2.24, 2.45) is 0 Å². The summed E-state index contributed by atoms with van der Waals surface area (Å²) in [5.74, 6) is -2.14. The van der Waals surface area contributed by atoms with E-state index in [0.717, 1.165) is 29.0 Å². The van der Waals surface area contributed by atoms with Crippen molar-refractivity contribution < 1.29 is 70.1 Å². The van der Waals surface area contributed by atoms with E-state index in [1.54, 1.807) is 4.90 Å². The summed E-state index contributed by atoms with van der Waals surface area (Å²) in [6.07, 6.45) is -2.65. The van der Waals surface area contributed by atoms with Gasteiger partial charge in [0.15, 0.2) is 0 Å². The second-order valence-electron chi connectivity index (χ2n) is 16.2. The first-order valence-corrected chi connectivity index (χ1v) is 23.2. The van der Waals surface area contributed by atoms with Crippen LogP contribution in [-0.2, 0) is 52.6 Å². The molecule has 1 N–H and O–H groups in total. The molecule has 3 aromatic rings. The van der Waals surface area contributed by atoms with Crippen LogP contribution in [0, 0.1) is 6.57 Å². The number of benzene rings is 2. The summed E-state index contributed by atoms with van der Waals surface area (Å²) >= 11 is 0.903. The number of ether oxygens (including phenoxy) is 4. The van der Waals surface area contributed by atoms with Crippen molar-refractivity contribution >= 4 is 65.0 Å². The van der Waals surface area contributed by atoms with E-state index in [1.807, 2.05) is 30.3 Å². The molecule has 65 heavy (non-hydrogen) atoms. The van der Waals surface area contributed by atoms with E-state index < -0.39 is 92.9 Å². The lowest BCUT2D eigenvalue weighted by Crippen LogP contribution is -2.61. The fourth-order valence-electron chi connectivity index (χ4n) is 8.02. The van der Waals surface area contributed by atoms with Crippen LogP contribution in [-0.4, -0.2) is 127 Å². The van der Waals surface area contributed by atoms with Gasteiger partial charge >= 0.3 is 25.6 Å². The minimum Gasteiger partial charge on any atom is -0.432 e. The van der Waals surface area contributed by atoms with Gasteiger partial charge in [-0.15, -0.1) is 11.3 Å². The van der Waals surface area contributed by atoms with Crippen LogP contribution in [0.1, 0.15) is 80.6 Å². The highest BCUT2D eigenvalue weighted by Crippen LogP contribution is 2.67. The molecule has 3 aliphatic rings. The van der Waals surface area contributed by atoms with Gasteiger partial charge in [-0.3, -0.25) is 32.8 Å². The lowest BCUT2D eigenvalue weighted by molar-refractivity contribution is -0.148. The van der Waals surface area contributed by atoms with Gasteiger partial charge in [0.1, 0.15) is 12.1 Å². The maximum absolute atomic E-state index is 16.3. The molecule has 4 amide bonds. The number of thiophene rings is 1. The van der Waals surface area contributed by atoms with E-state index in [4.69, 9.17) is 25.1 Å². The third kappa shape index (κ3) is 11.2. The molecule has 3 fully saturated rings. The van der Waals surface area contributed by atoms with Crippen molar-refractivity contribution in [2.45, 2.75) is 102 Å². The van der Waals surface area contributed by atoms with Crippen LogP contribution >= 0.6 is 18.9 Å². The summed E-state index contributed by atoms with van der Waals surface area (Å²) in [5.41, 5.74) is -4.44. The molecule has 2 aromatic carbocycles. The maximum atomic E-state index is 16.3. The molecule has 5 atom stereocenters. The molecule has 3 aliphatic heterocycles. The number of alkyl halides is 2. The minimum atomic E-state index is -5.71. The van der Waals surface area contributed by atoms with Crippen LogP contribution in [0.15, 0.2) is 54.6 Å². The Balaban J connectivity index is 1.21. The Morgan fingerprint density at radius 2 is 1.54 bits per heavy atom. The van der Waals surface area contributed by atoms with Gasteiger partial charge in [-0.25, -0.2) is 16.2 Å². The van der Waals surface area contributed by atoms with Crippen molar-refractivity contribution in [3.8, 4) is 0 Å². The van der Waals surface area contributed by atoms with Gasteiger partial charge in [0, 0.05) is 42.9 Å². The molecule has 0 unspecified atom stereocenters. The summed E-state index contributed by atoms with van der Waals surface area (Å²) in [6, 6.07) is 10.8. The second-order valence-corrected chi connectivity index (χ2v) is 19.4. The number of carbonyl (C=O) groups is 6. The van der Waals surface area contributed by atoms with Gasteiger partial charge in [0.2, 0.25) is 37.3 Å². The van der Waals surface area contributed by atoms with Gasteiger partial charge in [-0.05, 0) is 76.1 Å². The number of likely N-dealkylation sites (tertiary alicyclic amines) is 1. The smallest absolute Gasteiger partial charge is 0.432 e. The molecule has 4 heterocycles. The van der Waals surface area contributed by atoms with Crippen molar-refractivity contribution in [3.05, 3.63) is 82.0 Å². The molecule has 18 nitrogen and oxygen atoms in total. The topological polar surface area (TPSA) is 201 Å².